The molecule has 2 amide bonds. The SMILES string of the molecule is O=C(COC(=O)c1ccc2c(c1)NC(=O)[C@@H]1CCCN21)Nc1ccc(F)cc1F. The van der Waals surface area contributed by atoms with E-state index in [0.29, 0.717) is 11.8 Å². The van der Waals surface area contributed by atoms with Gasteiger partial charge in [-0.05, 0) is 43.2 Å². The summed E-state index contributed by atoms with van der Waals surface area (Å²) in [6.45, 7) is 0.127. The summed E-state index contributed by atoms with van der Waals surface area (Å²) >= 11 is 0. The number of nitrogens with one attached hydrogen (secondary N) is 2. The minimum absolute atomic E-state index is 0.110. The number of anilines is 3. The monoisotopic (exact) mass is 401 g/mol. The molecule has 1 fully saturated rings. The Balaban J connectivity index is 1.39. The lowest BCUT2D eigenvalue weighted by Gasteiger charge is -2.33. The van der Waals surface area contributed by atoms with Crippen molar-refractivity contribution in [2.45, 2.75) is 18.9 Å². The molecule has 1 atom stereocenters. The van der Waals surface area contributed by atoms with Gasteiger partial charge in [-0.1, -0.05) is 0 Å². The van der Waals surface area contributed by atoms with Crippen molar-refractivity contribution in [1.82, 2.24) is 0 Å². The molecule has 0 aliphatic carbocycles. The smallest absolute Gasteiger partial charge is 0.338 e. The minimum Gasteiger partial charge on any atom is -0.452 e. The van der Waals surface area contributed by atoms with Crippen LogP contribution in [0.15, 0.2) is 36.4 Å². The third-order valence-corrected chi connectivity index (χ3v) is 4.89. The van der Waals surface area contributed by atoms with Gasteiger partial charge in [-0.3, -0.25) is 9.59 Å². The minimum atomic E-state index is -0.935. The molecule has 2 N–H and O–H groups in total. The van der Waals surface area contributed by atoms with E-state index in [1.54, 1.807) is 12.1 Å². The van der Waals surface area contributed by atoms with Crippen LogP contribution in [-0.2, 0) is 14.3 Å². The summed E-state index contributed by atoms with van der Waals surface area (Å²) in [5.74, 6) is -3.35. The molecular weight excluding hydrogens is 384 g/mol. The first-order chi connectivity index (χ1) is 13.9. The fourth-order valence-corrected chi connectivity index (χ4v) is 3.55. The van der Waals surface area contributed by atoms with Gasteiger partial charge in [0.15, 0.2) is 6.61 Å². The van der Waals surface area contributed by atoms with Gasteiger partial charge in [0, 0.05) is 12.6 Å². The molecule has 150 valence electrons. The van der Waals surface area contributed by atoms with Crippen molar-refractivity contribution in [1.29, 1.82) is 0 Å². The molecule has 2 aliphatic rings. The zero-order valence-electron chi connectivity index (χ0n) is 15.2. The Morgan fingerprint density at radius 3 is 2.83 bits per heavy atom. The number of nitrogens with zero attached hydrogens (tertiary/aromatic N) is 1. The molecule has 0 saturated carbocycles. The summed E-state index contributed by atoms with van der Waals surface area (Å²) < 4.78 is 31.4. The second-order valence-electron chi connectivity index (χ2n) is 6.82. The largest absolute Gasteiger partial charge is 0.452 e. The number of ether oxygens (including phenoxy) is 1. The average molecular weight is 401 g/mol. The number of hydrogen-bond donors (Lipinski definition) is 2. The van der Waals surface area contributed by atoms with Gasteiger partial charge in [0.05, 0.1) is 22.6 Å². The number of amides is 2. The molecule has 1 saturated heterocycles. The van der Waals surface area contributed by atoms with Crippen molar-refractivity contribution in [3.8, 4) is 0 Å². The molecule has 7 nitrogen and oxygen atoms in total. The van der Waals surface area contributed by atoms with E-state index >= 15 is 0 Å². The molecule has 0 unspecified atom stereocenters. The van der Waals surface area contributed by atoms with Gasteiger partial charge in [0.1, 0.15) is 17.7 Å². The molecule has 2 heterocycles. The van der Waals surface area contributed by atoms with Crippen LogP contribution in [0.4, 0.5) is 25.8 Å². The van der Waals surface area contributed by atoms with E-state index < -0.39 is 30.1 Å². The highest BCUT2D eigenvalue weighted by Gasteiger charge is 2.36. The predicted molar refractivity (Wildman–Crippen MR) is 101 cm³/mol. The first kappa shape index (κ1) is 18.9. The zero-order valence-corrected chi connectivity index (χ0v) is 15.2. The van der Waals surface area contributed by atoms with Gasteiger partial charge in [-0.25, -0.2) is 13.6 Å². The van der Waals surface area contributed by atoms with E-state index in [1.165, 1.54) is 6.07 Å². The van der Waals surface area contributed by atoms with Crippen molar-refractivity contribution in [3.05, 3.63) is 53.6 Å². The highest BCUT2D eigenvalue weighted by atomic mass is 19.1. The van der Waals surface area contributed by atoms with E-state index in [2.05, 4.69) is 10.6 Å². The van der Waals surface area contributed by atoms with E-state index in [0.717, 1.165) is 37.2 Å². The molecule has 4 rings (SSSR count). The maximum atomic E-state index is 13.6. The molecule has 2 aromatic rings. The van der Waals surface area contributed by atoms with Crippen LogP contribution in [-0.4, -0.2) is 37.0 Å². The Morgan fingerprint density at radius 2 is 2.03 bits per heavy atom. The quantitative estimate of drug-likeness (QED) is 0.770. The first-order valence-corrected chi connectivity index (χ1v) is 9.06. The van der Waals surface area contributed by atoms with Crippen molar-refractivity contribution in [2.75, 3.05) is 28.7 Å². The molecule has 0 aromatic heterocycles. The van der Waals surface area contributed by atoms with Gasteiger partial charge < -0.3 is 20.3 Å². The van der Waals surface area contributed by atoms with Crippen molar-refractivity contribution in [3.63, 3.8) is 0 Å². The van der Waals surface area contributed by atoms with E-state index in [4.69, 9.17) is 4.74 Å². The van der Waals surface area contributed by atoms with Gasteiger partial charge in [0.2, 0.25) is 5.91 Å². The summed E-state index contributed by atoms with van der Waals surface area (Å²) in [4.78, 5) is 38.3. The number of carbonyl (C=O) groups excluding carboxylic acids is 3. The number of benzene rings is 2. The average Bonchev–Trinajstić information content (AvgIpc) is 3.19. The van der Waals surface area contributed by atoms with Crippen LogP contribution in [0.5, 0.6) is 0 Å². The number of fused-ring (bicyclic) bond motifs is 3. The van der Waals surface area contributed by atoms with Gasteiger partial charge in [-0.15, -0.1) is 0 Å². The van der Waals surface area contributed by atoms with Gasteiger partial charge in [-0.2, -0.15) is 0 Å². The fourth-order valence-electron chi connectivity index (χ4n) is 3.55. The predicted octanol–water partition coefficient (Wildman–Crippen LogP) is 2.68. The lowest BCUT2D eigenvalue weighted by Crippen LogP contribution is -2.43. The second-order valence-corrected chi connectivity index (χ2v) is 6.82. The second kappa shape index (κ2) is 7.50. The molecule has 0 spiro atoms. The van der Waals surface area contributed by atoms with Crippen LogP contribution in [0.2, 0.25) is 0 Å². The number of esters is 1. The molecular formula is C20H17F2N3O4. The molecule has 9 heteroatoms. The topological polar surface area (TPSA) is 87.7 Å². The Bertz CT molecular complexity index is 1010. The molecule has 0 radical (unpaired) electrons. The Kier molecular flexibility index (Phi) is 4.87. The van der Waals surface area contributed by atoms with Crippen LogP contribution in [0.1, 0.15) is 23.2 Å². The summed E-state index contributed by atoms with van der Waals surface area (Å²) in [7, 11) is 0. The van der Waals surface area contributed by atoms with Crippen molar-refractivity contribution >= 4 is 34.8 Å². The molecule has 0 bridgehead atoms. The van der Waals surface area contributed by atoms with Crippen LogP contribution in [0, 0.1) is 11.6 Å². The molecule has 29 heavy (non-hydrogen) atoms. The van der Waals surface area contributed by atoms with Gasteiger partial charge in [0.25, 0.3) is 5.91 Å². The summed E-state index contributed by atoms with van der Waals surface area (Å²) in [6, 6.07) is 7.31. The fraction of sp³-hybridized carbons (Fsp3) is 0.250. The summed E-state index contributed by atoms with van der Waals surface area (Å²) in [6.07, 6.45) is 1.71. The highest BCUT2D eigenvalue weighted by molar-refractivity contribution is 6.05. The maximum absolute atomic E-state index is 13.6. The first-order valence-electron chi connectivity index (χ1n) is 9.06. The van der Waals surface area contributed by atoms with Crippen LogP contribution < -0.4 is 15.5 Å². The number of carbonyl (C=O) groups is 3. The van der Waals surface area contributed by atoms with Gasteiger partial charge >= 0.3 is 5.97 Å². The third kappa shape index (κ3) is 3.75. The van der Waals surface area contributed by atoms with E-state index in [1.807, 2.05) is 4.90 Å². The number of halogens is 2. The Labute approximate surface area is 164 Å². The molecule has 2 aliphatic heterocycles. The Hall–Kier alpha value is -3.49. The standard InChI is InChI=1S/C20H17F2N3O4/c21-12-4-5-14(13(22)9-12)23-18(26)10-29-20(28)11-3-6-16-15(8-11)24-19(27)17-2-1-7-25(16)17/h3-6,8-9,17H,1-2,7,10H2,(H,23,26)(H,24,27)/t17-/m0/s1. The van der Waals surface area contributed by atoms with Crippen molar-refractivity contribution in [2.24, 2.45) is 0 Å². The van der Waals surface area contributed by atoms with Crippen LogP contribution >= 0.6 is 0 Å². The highest BCUT2D eigenvalue weighted by Crippen LogP contribution is 2.37. The van der Waals surface area contributed by atoms with Crippen molar-refractivity contribution < 1.29 is 27.9 Å². The summed E-state index contributed by atoms with van der Waals surface area (Å²) in [5.41, 5.74) is 1.31. The van der Waals surface area contributed by atoms with Crippen LogP contribution in [0.25, 0.3) is 0 Å². The zero-order chi connectivity index (χ0) is 20.5. The molecule has 2 aromatic carbocycles. The maximum Gasteiger partial charge on any atom is 0.338 e. The van der Waals surface area contributed by atoms with E-state index in [-0.39, 0.29) is 23.2 Å². The third-order valence-electron chi connectivity index (χ3n) is 4.89. The number of rotatable bonds is 4. The summed E-state index contributed by atoms with van der Waals surface area (Å²) in [5, 5.41) is 5.00. The Morgan fingerprint density at radius 1 is 1.21 bits per heavy atom. The lowest BCUT2D eigenvalue weighted by molar-refractivity contribution is -0.119. The number of hydrogen-bond acceptors (Lipinski definition) is 5. The lowest BCUT2D eigenvalue weighted by atomic mass is 10.1. The van der Waals surface area contributed by atoms with Crippen LogP contribution in [0.3, 0.4) is 0 Å². The van der Waals surface area contributed by atoms with E-state index in [9.17, 15) is 23.2 Å². The normalized spacial score (nSPS) is 17.2.